The fraction of sp³-hybridized carbons (Fsp3) is 0.250. The largest absolute Gasteiger partial charge is 0.584 e. The van der Waals surface area contributed by atoms with Gasteiger partial charge in [0, 0.05) is 22.3 Å². The van der Waals surface area contributed by atoms with Gasteiger partial charge in [0.1, 0.15) is 23.1 Å². The van der Waals surface area contributed by atoms with Gasteiger partial charge in [0.05, 0.1) is 0 Å². The Bertz CT molecular complexity index is 1540. The number of benzene rings is 4. The maximum atomic E-state index is 13.9. The van der Waals surface area contributed by atoms with Crippen molar-refractivity contribution in [3.8, 4) is 44.9 Å². The SMILES string of the molecule is O=P1(O)Oc2c(-c3ccc(F)cc3)cc3c(c2-c2c4c(cc(-c5ccc(F)cc5)c2O1)CCCC4)CCCC3. The highest BCUT2D eigenvalue weighted by atomic mass is 31.2. The van der Waals surface area contributed by atoms with Crippen molar-refractivity contribution in [1.82, 2.24) is 0 Å². The zero-order chi connectivity index (χ0) is 26.7. The number of aryl methyl sites for hydroxylation is 2. The molecule has 7 heteroatoms. The molecule has 0 saturated carbocycles. The zero-order valence-corrected chi connectivity index (χ0v) is 22.2. The first kappa shape index (κ1) is 24.6. The van der Waals surface area contributed by atoms with E-state index in [2.05, 4.69) is 0 Å². The quantitative estimate of drug-likeness (QED) is 0.257. The number of hydrogen-bond donors (Lipinski definition) is 1. The van der Waals surface area contributed by atoms with Crippen LogP contribution in [0.15, 0.2) is 60.7 Å². The Morgan fingerprint density at radius 2 is 1.00 bits per heavy atom. The third kappa shape index (κ3) is 4.27. The molecule has 1 heterocycles. The molecule has 0 saturated heterocycles. The van der Waals surface area contributed by atoms with E-state index in [4.69, 9.17) is 9.05 Å². The van der Waals surface area contributed by atoms with E-state index in [1.807, 2.05) is 12.1 Å². The third-order valence-corrected chi connectivity index (χ3v) is 9.01. The second-order valence-corrected chi connectivity index (χ2v) is 11.9. The molecule has 39 heavy (non-hydrogen) atoms. The van der Waals surface area contributed by atoms with Crippen molar-refractivity contribution in [2.24, 2.45) is 0 Å². The number of fused-ring (bicyclic) bond motifs is 7. The van der Waals surface area contributed by atoms with E-state index >= 15 is 0 Å². The molecule has 7 rings (SSSR count). The van der Waals surface area contributed by atoms with Crippen molar-refractivity contribution >= 4 is 7.82 Å². The molecule has 0 spiro atoms. The molecule has 1 N–H and O–H groups in total. The zero-order valence-electron chi connectivity index (χ0n) is 21.3. The predicted molar refractivity (Wildman–Crippen MR) is 147 cm³/mol. The highest BCUT2D eigenvalue weighted by molar-refractivity contribution is 7.48. The molecule has 4 nitrogen and oxygen atoms in total. The molecule has 0 radical (unpaired) electrons. The van der Waals surface area contributed by atoms with E-state index in [1.54, 1.807) is 24.3 Å². The summed E-state index contributed by atoms with van der Waals surface area (Å²) in [5, 5.41) is 0. The second kappa shape index (κ2) is 9.32. The highest BCUT2D eigenvalue weighted by Gasteiger charge is 2.39. The molecule has 0 atom stereocenters. The summed E-state index contributed by atoms with van der Waals surface area (Å²) >= 11 is 0. The molecule has 4 aromatic carbocycles. The average molecular weight is 545 g/mol. The Kier molecular flexibility index (Phi) is 5.87. The van der Waals surface area contributed by atoms with E-state index < -0.39 is 7.82 Å². The van der Waals surface area contributed by atoms with Gasteiger partial charge >= 0.3 is 7.82 Å². The molecular formula is C32H27F2O4P. The van der Waals surface area contributed by atoms with Crippen LogP contribution in [0.1, 0.15) is 47.9 Å². The van der Waals surface area contributed by atoms with Gasteiger partial charge < -0.3 is 9.05 Å². The Labute approximate surface area is 225 Å². The average Bonchev–Trinajstić information content (AvgIpc) is 3.06. The molecular weight excluding hydrogens is 517 g/mol. The summed E-state index contributed by atoms with van der Waals surface area (Å²) < 4.78 is 53.2. The van der Waals surface area contributed by atoms with Gasteiger partial charge in [0.2, 0.25) is 0 Å². The van der Waals surface area contributed by atoms with Gasteiger partial charge in [-0.3, -0.25) is 4.89 Å². The monoisotopic (exact) mass is 544 g/mol. The third-order valence-electron chi connectivity index (χ3n) is 8.18. The van der Waals surface area contributed by atoms with Gasteiger partial charge in [-0.1, -0.05) is 24.3 Å². The van der Waals surface area contributed by atoms with Crippen molar-refractivity contribution in [2.45, 2.75) is 51.4 Å². The molecule has 2 aliphatic carbocycles. The number of rotatable bonds is 2. The number of halogens is 2. The first-order valence-electron chi connectivity index (χ1n) is 13.5. The molecule has 3 aliphatic rings. The van der Waals surface area contributed by atoms with Gasteiger partial charge in [-0.25, -0.2) is 13.3 Å². The van der Waals surface area contributed by atoms with Gasteiger partial charge in [0.25, 0.3) is 0 Å². The normalized spacial score (nSPS) is 17.0. The summed E-state index contributed by atoms with van der Waals surface area (Å²) in [5.41, 5.74) is 8.85. The van der Waals surface area contributed by atoms with Crippen LogP contribution in [0.3, 0.4) is 0 Å². The smallest absolute Gasteiger partial charge is 0.394 e. The number of phosphoric acid groups is 1. The fourth-order valence-electron chi connectivity index (χ4n) is 6.43. The van der Waals surface area contributed by atoms with Crippen molar-refractivity contribution in [2.75, 3.05) is 0 Å². The maximum Gasteiger partial charge on any atom is 0.584 e. The Balaban J connectivity index is 1.62. The fourth-order valence-corrected chi connectivity index (χ4v) is 7.30. The lowest BCUT2D eigenvalue weighted by molar-refractivity contribution is 0.295. The van der Waals surface area contributed by atoms with Crippen molar-refractivity contribution in [3.05, 3.63) is 94.6 Å². The summed E-state index contributed by atoms with van der Waals surface area (Å²) in [6, 6.07) is 16.3. The second-order valence-electron chi connectivity index (χ2n) is 10.6. The topological polar surface area (TPSA) is 55.8 Å². The van der Waals surface area contributed by atoms with Crippen LogP contribution in [-0.2, 0) is 30.2 Å². The van der Waals surface area contributed by atoms with E-state index in [1.165, 1.54) is 35.4 Å². The lowest BCUT2D eigenvalue weighted by Crippen LogP contribution is -2.10. The van der Waals surface area contributed by atoms with Crippen LogP contribution >= 0.6 is 7.82 Å². The van der Waals surface area contributed by atoms with Crippen molar-refractivity contribution in [3.63, 3.8) is 0 Å². The lowest BCUT2D eigenvalue weighted by Gasteiger charge is -2.27. The standard InChI is InChI=1S/C32H27F2O4P/c33-23-13-9-19(10-14-23)27-17-21-5-1-3-7-25(21)29-30-26-8-4-2-6-22(26)18-28(20-11-15-24(34)16-12-20)32(30)38-39(35,36)37-31(27)29/h9-18H,1-8H2,(H,35,36). The lowest BCUT2D eigenvalue weighted by atomic mass is 9.77. The Morgan fingerprint density at radius 1 is 0.615 bits per heavy atom. The van der Waals surface area contributed by atoms with Crippen molar-refractivity contribution < 1.29 is 27.3 Å². The minimum atomic E-state index is -4.63. The van der Waals surface area contributed by atoms with E-state index in [0.717, 1.165) is 73.6 Å². The minimum Gasteiger partial charge on any atom is -0.394 e. The van der Waals surface area contributed by atoms with Crippen LogP contribution in [-0.4, -0.2) is 4.89 Å². The molecule has 4 aromatic rings. The summed E-state index contributed by atoms with van der Waals surface area (Å²) in [6.45, 7) is 0. The van der Waals surface area contributed by atoms with Gasteiger partial charge in [-0.05, 0) is 121 Å². The molecule has 0 aromatic heterocycles. The Morgan fingerprint density at radius 3 is 1.41 bits per heavy atom. The van der Waals surface area contributed by atoms with E-state index in [9.17, 15) is 18.2 Å². The minimum absolute atomic E-state index is 0.302. The molecule has 0 fully saturated rings. The number of phosphoric ester groups is 1. The maximum absolute atomic E-state index is 13.9. The van der Waals surface area contributed by atoms with E-state index in [0.29, 0.717) is 33.8 Å². The van der Waals surface area contributed by atoms with Crippen LogP contribution < -0.4 is 9.05 Å². The van der Waals surface area contributed by atoms with Gasteiger partial charge in [0.15, 0.2) is 0 Å². The predicted octanol–water partition coefficient (Wildman–Crippen LogP) is 8.60. The highest BCUT2D eigenvalue weighted by Crippen LogP contribution is 2.61. The molecule has 0 bridgehead atoms. The van der Waals surface area contributed by atoms with Gasteiger partial charge in [-0.15, -0.1) is 0 Å². The van der Waals surface area contributed by atoms with Gasteiger partial charge in [-0.2, -0.15) is 0 Å². The summed E-state index contributed by atoms with van der Waals surface area (Å²) in [5.74, 6) is -0.113. The van der Waals surface area contributed by atoms with Crippen LogP contribution in [0.5, 0.6) is 11.5 Å². The first-order valence-corrected chi connectivity index (χ1v) is 15.0. The van der Waals surface area contributed by atoms with E-state index in [-0.39, 0.29) is 11.6 Å². The van der Waals surface area contributed by atoms with Crippen LogP contribution in [0, 0.1) is 11.6 Å². The number of hydrogen-bond acceptors (Lipinski definition) is 3. The van der Waals surface area contributed by atoms with Crippen LogP contribution in [0.4, 0.5) is 8.78 Å². The summed E-state index contributed by atoms with van der Waals surface area (Å²) in [7, 11) is -4.63. The van der Waals surface area contributed by atoms with Crippen molar-refractivity contribution in [1.29, 1.82) is 0 Å². The molecule has 0 amide bonds. The summed E-state index contributed by atoms with van der Waals surface area (Å²) in [6.07, 6.45) is 7.48. The molecule has 198 valence electrons. The van der Waals surface area contributed by atoms with Crippen LogP contribution in [0.2, 0.25) is 0 Å². The molecule has 1 aliphatic heterocycles. The first-order chi connectivity index (χ1) is 18.9. The van der Waals surface area contributed by atoms with Crippen LogP contribution in [0.25, 0.3) is 33.4 Å². The summed E-state index contributed by atoms with van der Waals surface area (Å²) in [4.78, 5) is 11.1. The molecule has 0 unspecified atom stereocenters. The Hall–Kier alpha value is -3.47.